The van der Waals surface area contributed by atoms with E-state index in [9.17, 15) is 18.3 Å². The number of hydrogen-bond acceptors (Lipinski definition) is 9. The smallest absolute Gasteiger partial charge is 0.407 e. The molecule has 2 saturated heterocycles. The molecule has 2 aliphatic rings. The molecular weight excluding hydrogens is 666 g/mol. The fourth-order valence-electron chi connectivity index (χ4n) is 5.86. The van der Waals surface area contributed by atoms with Gasteiger partial charge < -0.3 is 34.4 Å². The number of fused-ring (bicyclic) bond motifs is 2. The van der Waals surface area contributed by atoms with Gasteiger partial charge in [0.2, 0.25) is 10.0 Å². The number of amides is 1. The maximum Gasteiger partial charge on any atom is 0.407 e. The number of benzene rings is 2. The van der Waals surface area contributed by atoms with Crippen molar-refractivity contribution < 1.29 is 36.9 Å². The average molecular weight is 709 g/mol. The van der Waals surface area contributed by atoms with E-state index in [1.54, 1.807) is 12.1 Å². The van der Waals surface area contributed by atoms with E-state index in [0.717, 1.165) is 24.1 Å². The van der Waals surface area contributed by atoms with Gasteiger partial charge in [0.1, 0.15) is 11.7 Å². The second kappa shape index (κ2) is 14.9. The van der Waals surface area contributed by atoms with Gasteiger partial charge in [-0.15, -0.1) is 0 Å². The second-order valence-electron chi connectivity index (χ2n) is 12.0. The predicted octanol–water partition coefficient (Wildman–Crippen LogP) is 4.41. The Labute approximate surface area is 272 Å². The van der Waals surface area contributed by atoms with Crippen LogP contribution in [0.1, 0.15) is 38.3 Å². The molecule has 3 heterocycles. The van der Waals surface area contributed by atoms with Crippen LogP contribution in [0.3, 0.4) is 0 Å². The molecule has 1 amide bonds. The van der Waals surface area contributed by atoms with E-state index < -0.39 is 34.4 Å². The Morgan fingerprint density at radius 1 is 1.16 bits per heavy atom. The van der Waals surface area contributed by atoms with Crippen LogP contribution in [-0.2, 0) is 37.2 Å². The molecule has 0 aliphatic carbocycles. The summed E-state index contributed by atoms with van der Waals surface area (Å²) in [5, 5.41) is 18.4. The normalized spacial score (nSPS) is 21.4. The number of hydrogen-bond donors (Lipinski definition) is 3. The predicted molar refractivity (Wildman–Crippen MR) is 172 cm³/mol. The van der Waals surface area contributed by atoms with Gasteiger partial charge in [-0.2, -0.15) is 4.31 Å². The summed E-state index contributed by atoms with van der Waals surface area (Å²) in [7, 11) is -4.05. The highest BCUT2D eigenvalue weighted by Gasteiger charge is 2.44. The zero-order valence-corrected chi connectivity index (χ0v) is 28.2. The number of ether oxygens (including phenoxy) is 3. The summed E-state index contributed by atoms with van der Waals surface area (Å²) in [5.74, 6) is -0.0658. The van der Waals surface area contributed by atoms with Gasteiger partial charge in [0.25, 0.3) is 0 Å². The average Bonchev–Trinajstić information content (AvgIpc) is 3.70. The Bertz CT molecular complexity index is 1550. The minimum atomic E-state index is -4.05. The summed E-state index contributed by atoms with van der Waals surface area (Å²) >= 11 is 3.45. The van der Waals surface area contributed by atoms with Gasteiger partial charge in [0.15, 0.2) is 11.0 Å². The summed E-state index contributed by atoms with van der Waals surface area (Å²) in [4.78, 5) is 13.2. The molecule has 2 aromatic carbocycles. The monoisotopic (exact) mass is 707 g/mol. The highest BCUT2D eigenvalue weighted by molar-refractivity contribution is 9.10. The molecule has 11 nitrogen and oxygen atoms in total. The summed E-state index contributed by atoms with van der Waals surface area (Å²) < 4.78 is 52.8. The highest BCUT2D eigenvalue weighted by Crippen LogP contribution is 2.34. The molecular formula is C32H42BrN3O8S. The fraction of sp³-hybridized carbons (Fsp3) is 0.531. The van der Waals surface area contributed by atoms with Crippen LogP contribution in [0.15, 0.2) is 62.5 Å². The van der Waals surface area contributed by atoms with E-state index in [1.807, 2.05) is 51.1 Å². The number of aliphatic hydroxyl groups is 1. The summed E-state index contributed by atoms with van der Waals surface area (Å²) in [5.41, 5.74) is 2.27. The second-order valence-corrected chi connectivity index (χ2v) is 14.6. The van der Waals surface area contributed by atoms with Crippen molar-refractivity contribution in [1.29, 1.82) is 0 Å². The van der Waals surface area contributed by atoms with E-state index in [-0.39, 0.29) is 49.1 Å². The van der Waals surface area contributed by atoms with Crippen molar-refractivity contribution in [2.75, 3.05) is 32.8 Å². The molecule has 0 radical (unpaired) electrons. The van der Waals surface area contributed by atoms with E-state index in [2.05, 4.69) is 26.6 Å². The molecule has 0 spiro atoms. The van der Waals surface area contributed by atoms with Gasteiger partial charge in [-0.3, -0.25) is 0 Å². The van der Waals surface area contributed by atoms with Crippen LogP contribution in [0.5, 0.6) is 0 Å². The van der Waals surface area contributed by atoms with Gasteiger partial charge in [0, 0.05) is 30.6 Å². The molecule has 3 aromatic rings. The van der Waals surface area contributed by atoms with Gasteiger partial charge in [0.05, 0.1) is 36.2 Å². The third-order valence-electron chi connectivity index (χ3n) is 8.17. The number of rotatable bonds is 14. The van der Waals surface area contributed by atoms with Crippen molar-refractivity contribution in [3.8, 4) is 0 Å². The lowest BCUT2D eigenvalue weighted by atomic mass is 10.0. The summed E-state index contributed by atoms with van der Waals surface area (Å²) in [6.45, 7) is 7.80. The van der Waals surface area contributed by atoms with Crippen LogP contribution in [-0.4, -0.2) is 81.3 Å². The standard InChI is InChI=1S/C32H42BrN3O8S/c1-4-34-16-25-24-15-22(10-11-28(24)43-30(25)33)45(39,40)36(17-20(2)3)18-27(37)26(14-21-8-6-5-7-9-21)35-32(38)44-29-19-42-31-23(29)12-13-41-31/h5-11,15,20,23,26-27,29,31,34,37H,4,12-14,16-19H2,1-3H3,(H,35,38)/t23-,26-,27+,29?,31+/m0/s1. The molecule has 3 N–H and O–H groups in total. The lowest BCUT2D eigenvalue weighted by Gasteiger charge is -2.31. The number of carbonyl (C=O) groups is 1. The van der Waals surface area contributed by atoms with Crippen molar-refractivity contribution >= 4 is 43.0 Å². The molecule has 0 saturated carbocycles. The van der Waals surface area contributed by atoms with E-state index in [0.29, 0.717) is 28.8 Å². The molecule has 0 bridgehead atoms. The largest absolute Gasteiger partial charge is 0.449 e. The van der Waals surface area contributed by atoms with Crippen molar-refractivity contribution in [3.63, 3.8) is 0 Å². The SMILES string of the molecule is CCNCc1c(Br)oc2ccc(S(=O)(=O)N(CC(C)C)C[C@@H](O)[C@H](Cc3ccccc3)NC(=O)OC3CO[C@H]4OCC[C@@H]34)cc12. The maximum absolute atomic E-state index is 14.1. The number of sulfonamides is 1. The van der Waals surface area contributed by atoms with Crippen molar-refractivity contribution in [2.24, 2.45) is 11.8 Å². The molecule has 13 heteroatoms. The van der Waals surface area contributed by atoms with E-state index in [1.165, 1.54) is 10.4 Å². The van der Waals surface area contributed by atoms with Crippen LogP contribution >= 0.6 is 15.9 Å². The van der Waals surface area contributed by atoms with E-state index in [4.69, 9.17) is 18.6 Å². The Balaban J connectivity index is 1.37. The van der Waals surface area contributed by atoms with Gasteiger partial charge in [-0.1, -0.05) is 51.1 Å². The van der Waals surface area contributed by atoms with Gasteiger partial charge >= 0.3 is 6.09 Å². The topological polar surface area (TPSA) is 140 Å². The number of alkyl carbamates (subject to hydrolysis) is 1. The van der Waals surface area contributed by atoms with Crippen molar-refractivity contribution in [2.45, 2.75) is 69.6 Å². The third-order valence-corrected chi connectivity index (χ3v) is 10.6. The van der Waals surface area contributed by atoms with E-state index >= 15 is 0 Å². The molecule has 2 aliphatic heterocycles. The molecule has 5 atom stereocenters. The summed E-state index contributed by atoms with van der Waals surface area (Å²) in [6, 6.07) is 13.4. The molecule has 1 unspecified atom stereocenters. The van der Waals surface area contributed by atoms with Crippen LogP contribution in [0.25, 0.3) is 11.0 Å². The number of furan rings is 1. The first-order valence-electron chi connectivity index (χ1n) is 15.4. The lowest BCUT2D eigenvalue weighted by molar-refractivity contribution is -0.0907. The Morgan fingerprint density at radius 2 is 1.93 bits per heavy atom. The first-order chi connectivity index (χ1) is 21.6. The van der Waals surface area contributed by atoms with Crippen molar-refractivity contribution in [3.05, 3.63) is 64.3 Å². The first kappa shape index (κ1) is 33.8. The fourth-order valence-corrected chi connectivity index (χ4v) is 8.03. The maximum atomic E-state index is 14.1. The van der Waals surface area contributed by atoms with Crippen LogP contribution < -0.4 is 10.6 Å². The zero-order chi connectivity index (χ0) is 32.1. The van der Waals surface area contributed by atoms with Gasteiger partial charge in [-0.25, -0.2) is 13.2 Å². The number of aliphatic hydroxyl groups excluding tert-OH is 1. The van der Waals surface area contributed by atoms with Gasteiger partial charge in [-0.05, 0) is 65.0 Å². The Morgan fingerprint density at radius 3 is 2.67 bits per heavy atom. The Hall–Kier alpha value is -2.52. The molecule has 2 fully saturated rings. The molecule has 1 aromatic heterocycles. The van der Waals surface area contributed by atoms with Crippen LogP contribution in [0.2, 0.25) is 0 Å². The minimum Gasteiger partial charge on any atom is -0.449 e. The molecule has 5 rings (SSSR count). The lowest BCUT2D eigenvalue weighted by Crippen LogP contribution is -2.51. The Kier molecular flexibility index (Phi) is 11.2. The quantitative estimate of drug-likeness (QED) is 0.222. The van der Waals surface area contributed by atoms with Crippen molar-refractivity contribution in [1.82, 2.24) is 14.9 Å². The summed E-state index contributed by atoms with van der Waals surface area (Å²) in [6.07, 6.45) is -1.77. The third kappa shape index (κ3) is 8.07. The van der Waals surface area contributed by atoms with Crippen LogP contribution in [0, 0.1) is 11.8 Å². The number of halogens is 1. The number of nitrogens with one attached hydrogen (secondary N) is 2. The highest BCUT2D eigenvalue weighted by atomic mass is 79.9. The number of carbonyl (C=O) groups excluding carboxylic acids is 1. The first-order valence-corrected chi connectivity index (χ1v) is 17.6. The molecule has 246 valence electrons. The van der Waals surface area contributed by atoms with Crippen LogP contribution in [0.4, 0.5) is 4.79 Å². The molecule has 45 heavy (non-hydrogen) atoms. The minimum absolute atomic E-state index is 0.0301. The zero-order valence-electron chi connectivity index (χ0n) is 25.8. The number of nitrogens with zero attached hydrogens (tertiary/aromatic N) is 1.